The van der Waals surface area contributed by atoms with Crippen molar-refractivity contribution >= 4 is 27.7 Å². The van der Waals surface area contributed by atoms with Crippen LogP contribution >= 0.6 is 11.6 Å². The molecule has 160 valence electrons. The van der Waals surface area contributed by atoms with E-state index in [1.807, 2.05) is 24.3 Å². The van der Waals surface area contributed by atoms with E-state index < -0.39 is 10.0 Å². The molecule has 0 atom stereocenters. The molecule has 1 aliphatic heterocycles. The first-order valence-corrected chi connectivity index (χ1v) is 11.6. The molecule has 1 aliphatic carbocycles. The van der Waals surface area contributed by atoms with Gasteiger partial charge in [-0.3, -0.25) is 0 Å². The van der Waals surface area contributed by atoms with Gasteiger partial charge < -0.3 is 15.4 Å². The standard InChI is InChI=1S/C21H24ClN3O4S/c1-29-17-8-6-15(7-9-17)12-23-20(26)24-16-10-21(11-16)13-25(14-21)30(27,28)19-5-3-2-4-18(19)22/h2-9,16H,10-14H2,1H3,(H2,23,24,26). The summed E-state index contributed by atoms with van der Waals surface area (Å²) in [5.41, 5.74) is 0.942. The molecular weight excluding hydrogens is 426 g/mol. The number of rotatable bonds is 6. The Morgan fingerprint density at radius 2 is 1.83 bits per heavy atom. The minimum absolute atomic E-state index is 0.0394. The van der Waals surface area contributed by atoms with Gasteiger partial charge >= 0.3 is 6.03 Å². The zero-order valence-corrected chi connectivity index (χ0v) is 18.2. The summed E-state index contributed by atoms with van der Waals surface area (Å²) in [6.45, 7) is 1.36. The maximum absolute atomic E-state index is 12.7. The first-order valence-electron chi connectivity index (χ1n) is 9.73. The van der Waals surface area contributed by atoms with Crippen LogP contribution < -0.4 is 15.4 Å². The molecule has 2 aromatic rings. The van der Waals surface area contributed by atoms with Gasteiger partial charge in [0.25, 0.3) is 0 Å². The van der Waals surface area contributed by atoms with Crippen LogP contribution in [0.15, 0.2) is 53.4 Å². The van der Waals surface area contributed by atoms with Crippen molar-refractivity contribution < 1.29 is 17.9 Å². The lowest BCUT2D eigenvalue weighted by atomic mass is 9.61. The second-order valence-corrected chi connectivity index (χ2v) is 10.3. The Labute approximate surface area is 181 Å². The molecule has 0 unspecified atom stereocenters. The van der Waals surface area contributed by atoms with Gasteiger partial charge in [0.05, 0.1) is 12.1 Å². The van der Waals surface area contributed by atoms with E-state index in [9.17, 15) is 13.2 Å². The van der Waals surface area contributed by atoms with Crippen molar-refractivity contribution in [3.05, 3.63) is 59.1 Å². The van der Waals surface area contributed by atoms with Gasteiger partial charge in [0.2, 0.25) is 10.0 Å². The van der Waals surface area contributed by atoms with E-state index in [4.69, 9.17) is 16.3 Å². The first kappa shape index (κ1) is 21.0. The number of nitrogens with one attached hydrogen (secondary N) is 2. The predicted octanol–water partition coefficient (Wildman–Crippen LogP) is 3.00. The van der Waals surface area contributed by atoms with E-state index in [2.05, 4.69) is 10.6 Å². The van der Waals surface area contributed by atoms with Crippen LogP contribution in [0.5, 0.6) is 5.75 Å². The van der Waals surface area contributed by atoms with E-state index in [0.29, 0.717) is 19.6 Å². The second kappa shape index (κ2) is 8.09. The van der Waals surface area contributed by atoms with E-state index in [1.54, 1.807) is 25.3 Å². The molecule has 1 saturated heterocycles. The van der Waals surface area contributed by atoms with E-state index in [1.165, 1.54) is 10.4 Å². The molecule has 0 radical (unpaired) electrons. The highest BCUT2D eigenvalue weighted by atomic mass is 35.5. The van der Waals surface area contributed by atoms with E-state index in [0.717, 1.165) is 24.2 Å². The van der Waals surface area contributed by atoms with E-state index in [-0.39, 0.29) is 27.4 Å². The fourth-order valence-electron chi connectivity index (χ4n) is 4.17. The van der Waals surface area contributed by atoms with Crippen molar-refractivity contribution in [3.63, 3.8) is 0 Å². The third-order valence-electron chi connectivity index (χ3n) is 5.78. The SMILES string of the molecule is COc1ccc(CNC(=O)NC2CC3(C2)CN(S(=O)(=O)c2ccccc2Cl)C3)cc1. The molecule has 1 spiro atoms. The van der Waals surface area contributed by atoms with E-state index >= 15 is 0 Å². The Morgan fingerprint density at radius 1 is 1.17 bits per heavy atom. The molecule has 2 amide bonds. The van der Waals surface area contributed by atoms with Crippen LogP contribution in [0.1, 0.15) is 18.4 Å². The average molecular weight is 450 g/mol. The Balaban J connectivity index is 1.22. The third-order valence-corrected chi connectivity index (χ3v) is 8.08. The summed E-state index contributed by atoms with van der Waals surface area (Å²) in [5, 5.41) is 6.05. The molecule has 1 heterocycles. The molecule has 0 aromatic heterocycles. The molecule has 0 bridgehead atoms. The quantitative estimate of drug-likeness (QED) is 0.709. The molecule has 2 aliphatic rings. The zero-order valence-electron chi connectivity index (χ0n) is 16.6. The van der Waals surface area contributed by atoms with Crippen LogP contribution in [0.3, 0.4) is 0 Å². The average Bonchev–Trinajstić information content (AvgIpc) is 2.67. The monoisotopic (exact) mass is 449 g/mol. The largest absolute Gasteiger partial charge is 0.497 e. The molecule has 9 heteroatoms. The van der Waals surface area contributed by atoms with Crippen molar-refractivity contribution in [2.45, 2.75) is 30.3 Å². The minimum Gasteiger partial charge on any atom is -0.497 e. The molecular formula is C21H24ClN3O4S. The Hall–Kier alpha value is -2.29. The molecule has 30 heavy (non-hydrogen) atoms. The third kappa shape index (κ3) is 4.12. The lowest BCUT2D eigenvalue weighted by Crippen LogP contribution is -2.67. The summed E-state index contributed by atoms with van der Waals surface area (Å²) in [6.07, 6.45) is 1.55. The molecule has 1 saturated carbocycles. The van der Waals surface area contributed by atoms with Crippen molar-refractivity contribution in [1.82, 2.24) is 14.9 Å². The number of carbonyl (C=O) groups excluding carboxylic acids is 1. The highest BCUT2D eigenvalue weighted by molar-refractivity contribution is 7.89. The zero-order chi connectivity index (χ0) is 21.4. The van der Waals surface area contributed by atoms with Crippen LogP contribution in [0.4, 0.5) is 4.79 Å². The number of benzene rings is 2. The Morgan fingerprint density at radius 3 is 2.47 bits per heavy atom. The number of nitrogens with zero attached hydrogens (tertiary/aromatic N) is 1. The van der Waals surface area contributed by atoms with Gasteiger partial charge in [-0.15, -0.1) is 0 Å². The number of hydrogen-bond acceptors (Lipinski definition) is 4. The maximum Gasteiger partial charge on any atom is 0.315 e. The van der Waals surface area contributed by atoms with Crippen LogP contribution in [0, 0.1) is 5.41 Å². The van der Waals surface area contributed by atoms with Gasteiger partial charge in [0.1, 0.15) is 10.6 Å². The maximum atomic E-state index is 12.7. The molecule has 2 fully saturated rings. The van der Waals surface area contributed by atoms with Gasteiger partial charge in [-0.25, -0.2) is 13.2 Å². The van der Waals surface area contributed by atoms with Crippen molar-refractivity contribution in [1.29, 1.82) is 0 Å². The van der Waals surface area contributed by atoms with Crippen LogP contribution in [0.25, 0.3) is 0 Å². The van der Waals surface area contributed by atoms with Crippen molar-refractivity contribution in [2.75, 3.05) is 20.2 Å². The number of carbonyl (C=O) groups is 1. The number of methoxy groups -OCH3 is 1. The summed E-state index contributed by atoms with van der Waals surface area (Å²) in [7, 11) is -1.96. The lowest BCUT2D eigenvalue weighted by molar-refractivity contribution is -0.0302. The van der Waals surface area contributed by atoms with Crippen LogP contribution in [-0.4, -0.2) is 45.0 Å². The van der Waals surface area contributed by atoms with Gasteiger partial charge in [-0.2, -0.15) is 4.31 Å². The Kier molecular flexibility index (Phi) is 5.65. The van der Waals surface area contributed by atoms with Gasteiger partial charge in [0.15, 0.2) is 0 Å². The second-order valence-electron chi connectivity index (χ2n) is 7.98. The summed E-state index contributed by atoms with van der Waals surface area (Å²) >= 11 is 6.06. The fraction of sp³-hybridized carbons (Fsp3) is 0.381. The lowest BCUT2D eigenvalue weighted by Gasteiger charge is -2.58. The summed E-state index contributed by atoms with van der Waals surface area (Å²) < 4.78 is 32.1. The molecule has 2 N–H and O–H groups in total. The Bertz CT molecular complexity index is 1030. The summed E-state index contributed by atoms with van der Waals surface area (Å²) in [6, 6.07) is 13.8. The van der Waals surface area contributed by atoms with Gasteiger partial charge in [0, 0.05) is 31.1 Å². The van der Waals surface area contributed by atoms with Gasteiger partial charge in [-0.1, -0.05) is 35.9 Å². The van der Waals surface area contributed by atoms with Gasteiger partial charge in [-0.05, 0) is 42.7 Å². The summed E-state index contributed by atoms with van der Waals surface area (Å²) in [4.78, 5) is 12.3. The normalized spacial score (nSPS) is 18.3. The van der Waals surface area contributed by atoms with Crippen molar-refractivity contribution in [2.24, 2.45) is 5.41 Å². The highest BCUT2D eigenvalue weighted by Crippen LogP contribution is 2.50. The van der Waals surface area contributed by atoms with Crippen molar-refractivity contribution in [3.8, 4) is 5.75 Å². The fourth-order valence-corrected chi connectivity index (χ4v) is 6.33. The summed E-state index contributed by atoms with van der Waals surface area (Å²) in [5.74, 6) is 0.772. The topological polar surface area (TPSA) is 87.7 Å². The molecule has 7 nitrogen and oxygen atoms in total. The van der Waals surface area contributed by atoms with Crippen LogP contribution in [0.2, 0.25) is 5.02 Å². The smallest absolute Gasteiger partial charge is 0.315 e. The number of sulfonamides is 1. The molecule has 4 rings (SSSR count). The van der Waals surface area contributed by atoms with Crippen LogP contribution in [-0.2, 0) is 16.6 Å². The highest BCUT2D eigenvalue weighted by Gasteiger charge is 2.56. The minimum atomic E-state index is -3.57. The first-order chi connectivity index (χ1) is 14.3. The number of halogens is 1. The number of urea groups is 1. The number of amides is 2. The number of hydrogen-bond donors (Lipinski definition) is 2. The molecule has 2 aromatic carbocycles. The predicted molar refractivity (Wildman–Crippen MR) is 114 cm³/mol. The number of ether oxygens (including phenoxy) is 1.